The summed E-state index contributed by atoms with van der Waals surface area (Å²) in [5.74, 6) is -0.933. The van der Waals surface area contributed by atoms with Gasteiger partial charge in [0.15, 0.2) is 0 Å². The molecule has 0 saturated carbocycles. The molecule has 0 bridgehead atoms. The molecule has 1 aromatic rings. The quantitative estimate of drug-likeness (QED) is 0.822. The summed E-state index contributed by atoms with van der Waals surface area (Å²) in [7, 11) is 0. The van der Waals surface area contributed by atoms with Crippen molar-refractivity contribution >= 4 is 11.9 Å². The molecular formula is C12H19NO4. The molecule has 0 saturated heterocycles. The molecule has 0 aliphatic rings. The van der Waals surface area contributed by atoms with Crippen LogP contribution in [0.4, 0.5) is 0 Å². The Labute approximate surface area is 101 Å². The van der Waals surface area contributed by atoms with Gasteiger partial charge >= 0.3 is 11.9 Å². The van der Waals surface area contributed by atoms with Gasteiger partial charge in [-0.1, -0.05) is 13.8 Å². The van der Waals surface area contributed by atoms with Gasteiger partial charge in [-0.2, -0.15) is 0 Å². The van der Waals surface area contributed by atoms with Crippen LogP contribution < -0.4 is 0 Å². The highest BCUT2D eigenvalue weighted by molar-refractivity contribution is 5.94. The van der Waals surface area contributed by atoms with Crippen molar-refractivity contribution in [2.24, 2.45) is 0 Å². The topological polar surface area (TPSA) is 68.4 Å². The molecular weight excluding hydrogens is 222 g/mol. The Kier molecular flexibility index (Phi) is 7.50. The zero-order valence-corrected chi connectivity index (χ0v) is 10.7. The van der Waals surface area contributed by atoms with E-state index in [1.54, 1.807) is 13.8 Å². The highest BCUT2D eigenvalue weighted by Gasteiger charge is 2.13. The maximum Gasteiger partial charge on any atom is 0.354 e. The lowest BCUT2D eigenvalue weighted by Crippen LogP contribution is -2.05. The highest BCUT2D eigenvalue weighted by Crippen LogP contribution is 2.06. The standard InChI is InChI=1S/C10H13NO4.C2H6/c1-3-14-9(12)7-5-8(11-6-7)10(13)15-4-2;1-2/h5-6,11H,3-4H2,1-2H3;1-2H3. The molecule has 1 heterocycles. The van der Waals surface area contributed by atoms with Gasteiger partial charge in [0, 0.05) is 6.20 Å². The number of H-pyrrole nitrogens is 1. The summed E-state index contributed by atoms with van der Waals surface area (Å²) in [5, 5.41) is 0. The number of carbonyl (C=O) groups is 2. The summed E-state index contributed by atoms with van der Waals surface area (Å²) >= 11 is 0. The lowest BCUT2D eigenvalue weighted by Gasteiger charge is -1.97. The van der Waals surface area contributed by atoms with Gasteiger partial charge < -0.3 is 14.5 Å². The molecule has 96 valence electrons. The fraction of sp³-hybridized carbons (Fsp3) is 0.500. The predicted octanol–water partition coefficient (Wildman–Crippen LogP) is 2.39. The highest BCUT2D eigenvalue weighted by atomic mass is 16.5. The van der Waals surface area contributed by atoms with Crippen LogP contribution in [0, 0.1) is 0 Å². The molecule has 1 rings (SSSR count). The largest absolute Gasteiger partial charge is 0.462 e. The Bertz CT molecular complexity index is 325. The van der Waals surface area contributed by atoms with E-state index in [0.29, 0.717) is 18.8 Å². The second-order valence-corrected chi connectivity index (χ2v) is 2.74. The van der Waals surface area contributed by atoms with Gasteiger partial charge in [0.1, 0.15) is 5.69 Å². The number of hydrogen-bond acceptors (Lipinski definition) is 4. The summed E-state index contributed by atoms with van der Waals surface area (Å²) < 4.78 is 9.53. The normalized spacial score (nSPS) is 8.94. The third-order valence-electron chi connectivity index (χ3n) is 1.69. The van der Waals surface area contributed by atoms with Gasteiger partial charge in [-0.15, -0.1) is 0 Å². The van der Waals surface area contributed by atoms with Crippen molar-refractivity contribution in [3.63, 3.8) is 0 Å². The second-order valence-electron chi connectivity index (χ2n) is 2.74. The van der Waals surface area contributed by atoms with E-state index in [4.69, 9.17) is 9.47 Å². The Hall–Kier alpha value is -1.78. The van der Waals surface area contributed by atoms with Gasteiger partial charge in [0.05, 0.1) is 18.8 Å². The zero-order valence-electron chi connectivity index (χ0n) is 10.7. The van der Waals surface area contributed by atoms with E-state index >= 15 is 0 Å². The van der Waals surface area contributed by atoms with E-state index in [2.05, 4.69) is 4.98 Å². The van der Waals surface area contributed by atoms with Crippen LogP contribution in [-0.4, -0.2) is 30.1 Å². The van der Waals surface area contributed by atoms with Crippen LogP contribution in [0.2, 0.25) is 0 Å². The number of carbonyl (C=O) groups excluding carboxylic acids is 2. The Balaban J connectivity index is 0.00000121. The van der Waals surface area contributed by atoms with Crippen molar-refractivity contribution in [1.29, 1.82) is 0 Å². The number of rotatable bonds is 4. The van der Waals surface area contributed by atoms with Gasteiger partial charge in [-0.3, -0.25) is 0 Å². The number of esters is 2. The van der Waals surface area contributed by atoms with Crippen molar-refractivity contribution < 1.29 is 19.1 Å². The average Bonchev–Trinajstić information content (AvgIpc) is 2.82. The molecule has 17 heavy (non-hydrogen) atoms. The average molecular weight is 241 g/mol. The zero-order chi connectivity index (χ0) is 13.3. The molecule has 1 aromatic heterocycles. The van der Waals surface area contributed by atoms with Crippen LogP contribution in [-0.2, 0) is 9.47 Å². The number of hydrogen-bond donors (Lipinski definition) is 1. The van der Waals surface area contributed by atoms with Crippen LogP contribution in [0.1, 0.15) is 48.5 Å². The van der Waals surface area contributed by atoms with Gasteiger partial charge in [0.2, 0.25) is 0 Å². The Morgan fingerprint density at radius 2 is 1.65 bits per heavy atom. The maximum atomic E-state index is 11.2. The second kappa shape index (κ2) is 8.38. The summed E-state index contributed by atoms with van der Waals surface area (Å²) in [5.41, 5.74) is 0.569. The smallest absolute Gasteiger partial charge is 0.354 e. The van der Waals surface area contributed by atoms with E-state index < -0.39 is 11.9 Å². The summed E-state index contributed by atoms with van der Waals surface area (Å²) in [6, 6.07) is 1.41. The first kappa shape index (κ1) is 15.2. The molecule has 0 aromatic carbocycles. The van der Waals surface area contributed by atoms with Crippen molar-refractivity contribution in [3.05, 3.63) is 23.5 Å². The maximum absolute atomic E-state index is 11.2. The molecule has 5 nitrogen and oxygen atoms in total. The fourth-order valence-corrected chi connectivity index (χ4v) is 1.05. The first-order chi connectivity index (χ1) is 8.19. The number of ether oxygens (including phenoxy) is 2. The molecule has 0 spiro atoms. The molecule has 0 fully saturated rings. The van der Waals surface area contributed by atoms with Crippen LogP contribution in [0.5, 0.6) is 0 Å². The summed E-state index contributed by atoms with van der Waals surface area (Å²) in [4.78, 5) is 25.1. The first-order valence-corrected chi connectivity index (χ1v) is 5.71. The van der Waals surface area contributed by atoms with Gasteiger partial charge in [-0.25, -0.2) is 9.59 Å². The SMILES string of the molecule is CC.CCOC(=O)c1c[nH]c(C(=O)OCC)c1. The fourth-order valence-electron chi connectivity index (χ4n) is 1.05. The molecule has 0 unspecified atom stereocenters. The van der Waals surface area contributed by atoms with Crippen molar-refractivity contribution in [2.75, 3.05) is 13.2 Å². The lowest BCUT2D eigenvalue weighted by molar-refractivity contribution is 0.0518. The molecule has 0 amide bonds. The van der Waals surface area contributed by atoms with E-state index in [9.17, 15) is 9.59 Å². The van der Waals surface area contributed by atoms with Crippen LogP contribution in [0.3, 0.4) is 0 Å². The van der Waals surface area contributed by atoms with E-state index in [-0.39, 0.29) is 5.69 Å². The minimum atomic E-state index is -0.479. The molecule has 0 aliphatic heterocycles. The molecule has 0 radical (unpaired) electrons. The number of aromatic amines is 1. The van der Waals surface area contributed by atoms with Crippen LogP contribution in [0.25, 0.3) is 0 Å². The first-order valence-electron chi connectivity index (χ1n) is 5.71. The predicted molar refractivity (Wildman–Crippen MR) is 64.1 cm³/mol. The third kappa shape index (κ3) is 4.72. The van der Waals surface area contributed by atoms with Gasteiger partial charge in [-0.05, 0) is 19.9 Å². The van der Waals surface area contributed by atoms with Gasteiger partial charge in [0.25, 0.3) is 0 Å². The molecule has 5 heteroatoms. The van der Waals surface area contributed by atoms with Crippen molar-refractivity contribution in [3.8, 4) is 0 Å². The summed E-state index contributed by atoms with van der Waals surface area (Å²) in [6.07, 6.45) is 1.42. The minimum Gasteiger partial charge on any atom is -0.462 e. The minimum absolute atomic E-state index is 0.250. The van der Waals surface area contributed by atoms with Crippen LogP contribution >= 0.6 is 0 Å². The van der Waals surface area contributed by atoms with Crippen LogP contribution in [0.15, 0.2) is 12.3 Å². The summed E-state index contributed by atoms with van der Waals surface area (Å²) in [6.45, 7) is 8.04. The Morgan fingerprint density at radius 1 is 1.12 bits per heavy atom. The number of nitrogens with one attached hydrogen (secondary N) is 1. The monoisotopic (exact) mass is 241 g/mol. The molecule has 1 N–H and O–H groups in total. The van der Waals surface area contributed by atoms with Crippen molar-refractivity contribution in [1.82, 2.24) is 4.98 Å². The van der Waals surface area contributed by atoms with E-state index in [1.165, 1.54) is 12.3 Å². The lowest BCUT2D eigenvalue weighted by atomic mass is 10.3. The van der Waals surface area contributed by atoms with E-state index in [0.717, 1.165) is 0 Å². The Morgan fingerprint density at radius 3 is 2.18 bits per heavy atom. The van der Waals surface area contributed by atoms with Crippen molar-refractivity contribution in [2.45, 2.75) is 27.7 Å². The molecule has 0 aliphatic carbocycles. The third-order valence-corrected chi connectivity index (χ3v) is 1.69. The number of aromatic nitrogens is 1. The van der Waals surface area contributed by atoms with E-state index in [1.807, 2.05) is 13.8 Å². The molecule has 0 atom stereocenters.